The van der Waals surface area contributed by atoms with Crippen LogP contribution in [0.3, 0.4) is 0 Å². The second-order valence-electron chi connectivity index (χ2n) is 5.65. The van der Waals surface area contributed by atoms with Crippen LogP contribution in [0.2, 0.25) is 0 Å². The number of hydrogen-bond acceptors (Lipinski definition) is 2. The minimum absolute atomic E-state index is 0.716. The summed E-state index contributed by atoms with van der Waals surface area (Å²) in [7, 11) is 0. The van der Waals surface area contributed by atoms with Gasteiger partial charge in [-0.2, -0.15) is 0 Å². The minimum atomic E-state index is 0.716. The van der Waals surface area contributed by atoms with Crippen LogP contribution >= 0.6 is 12.6 Å². The summed E-state index contributed by atoms with van der Waals surface area (Å²) in [6.45, 7) is 12.5. The Labute approximate surface area is 112 Å². The smallest absolute Gasteiger partial charge is 0.0234 e. The van der Waals surface area contributed by atoms with E-state index in [0.717, 1.165) is 24.5 Å². The van der Waals surface area contributed by atoms with Gasteiger partial charge >= 0.3 is 0 Å². The molecule has 0 bridgehead atoms. The second kappa shape index (κ2) is 7.07. The van der Waals surface area contributed by atoms with E-state index in [4.69, 9.17) is 0 Å². The molecule has 0 spiro atoms. The molecule has 0 aromatic heterocycles. The van der Waals surface area contributed by atoms with E-state index in [1.807, 2.05) is 6.07 Å². The van der Waals surface area contributed by atoms with Crippen molar-refractivity contribution < 1.29 is 0 Å². The van der Waals surface area contributed by atoms with E-state index >= 15 is 0 Å². The Morgan fingerprint density at radius 2 is 1.65 bits per heavy atom. The average Bonchev–Trinajstić information content (AvgIpc) is 2.14. The topological polar surface area (TPSA) is 3.24 Å². The summed E-state index contributed by atoms with van der Waals surface area (Å²) >= 11 is 4.40. The molecule has 0 saturated heterocycles. The largest absolute Gasteiger partial charge is 0.299 e. The number of thiol groups is 1. The normalized spacial score (nSPS) is 11.8. The Morgan fingerprint density at radius 1 is 1.06 bits per heavy atom. The highest BCUT2D eigenvalue weighted by Crippen LogP contribution is 2.13. The van der Waals surface area contributed by atoms with Crippen molar-refractivity contribution in [1.29, 1.82) is 0 Å². The first kappa shape index (κ1) is 14.6. The van der Waals surface area contributed by atoms with E-state index in [2.05, 4.69) is 63.4 Å². The molecule has 0 aliphatic heterocycles. The molecule has 0 aliphatic carbocycles. The molecule has 0 amide bonds. The standard InChI is InChI=1S/C15H25NS/c1-12(2)9-16(10-13(3)4)11-14-6-5-7-15(17)8-14/h5-8,12-13,17H,9-11H2,1-4H3. The molecule has 96 valence electrons. The third-order valence-corrected chi connectivity index (χ3v) is 2.84. The van der Waals surface area contributed by atoms with Crippen LogP contribution in [-0.2, 0) is 6.54 Å². The van der Waals surface area contributed by atoms with Gasteiger partial charge in [-0.05, 0) is 29.5 Å². The third kappa shape index (κ3) is 6.13. The zero-order valence-corrected chi connectivity index (χ0v) is 12.4. The predicted octanol–water partition coefficient (Wildman–Crippen LogP) is 4.09. The van der Waals surface area contributed by atoms with Crippen LogP contribution in [0.5, 0.6) is 0 Å². The molecular weight excluding hydrogens is 226 g/mol. The summed E-state index contributed by atoms with van der Waals surface area (Å²) in [5, 5.41) is 0. The Bertz CT molecular complexity index is 323. The van der Waals surface area contributed by atoms with Crippen molar-refractivity contribution in [2.24, 2.45) is 11.8 Å². The van der Waals surface area contributed by atoms with Crippen LogP contribution in [-0.4, -0.2) is 18.0 Å². The molecule has 1 aromatic carbocycles. The molecule has 1 aromatic rings. The first-order chi connectivity index (χ1) is 7.97. The molecular formula is C15H25NS. The summed E-state index contributed by atoms with van der Waals surface area (Å²) in [6.07, 6.45) is 0. The lowest BCUT2D eigenvalue weighted by atomic mass is 10.1. The fourth-order valence-electron chi connectivity index (χ4n) is 2.15. The van der Waals surface area contributed by atoms with Crippen molar-refractivity contribution in [2.45, 2.75) is 39.1 Å². The van der Waals surface area contributed by atoms with E-state index in [0.29, 0.717) is 11.8 Å². The summed E-state index contributed by atoms with van der Waals surface area (Å²) in [6, 6.07) is 8.46. The van der Waals surface area contributed by atoms with Gasteiger partial charge in [-0.3, -0.25) is 4.90 Å². The van der Waals surface area contributed by atoms with Crippen LogP contribution in [0, 0.1) is 11.8 Å². The first-order valence-electron chi connectivity index (χ1n) is 6.47. The molecule has 0 radical (unpaired) electrons. The molecule has 17 heavy (non-hydrogen) atoms. The molecule has 0 fully saturated rings. The quantitative estimate of drug-likeness (QED) is 0.745. The minimum Gasteiger partial charge on any atom is -0.299 e. The van der Waals surface area contributed by atoms with Gasteiger partial charge in [0, 0.05) is 24.5 Å². The monoisotopic (exact) mass is 251 g/mol. The van der Waals surface area contributed by atoms with Crippen molar-refractivity contribution in [3.63, 3.8) is 0 Å². The lowest BCUT2D eigenvalue weighted by Crippen LogP contribution is -2.30. The zero-order valence-electron chi connectivity index (χ0n) is 11.5. The van der Waals surface area contributed by atoms with Gasteiger partial charge in [-0.25, -0.2) is 0 Å². The molecule has 2 heteroatoms. The molecule has 0 heterocycles. The van der Waals surface area contributed by atoms with E-state index in [1.165, 1.54) is 5.56 Å². The molecule has 0 unspecified atom stereocenters. The van der Waals surface area contributed by atoms with E-state index in [-0.39, 0.29) is 0 Å². The third-order valence-electron chi connectivity index (χ3n) is 2.56. The van der Waals surface area contributed by atoms with Crippen molar-refractivity contribution in [3.05, 3.63) is 29.8 Å². The fraction of sp³-hybridized carbons (Fsp3) is 0.600. The van der Waals surface area contributed by atoms with Crippen molar-refractivity contribution >= 4 is 12.6 Å². The lowest BCUT2D eigenvalue weighted by molar-refractivity contribution is 0.211. The van der Waals surface area contributed by atoms with Crippen LogP contribution in [0.15, 0.2) is 29.2 Å². The molecule has 0 saturated carbocycles. The van der Waals surface area contributed by atoms with Crippen molar-refractivity contribution in [2.75, 3.05) is 13.1 Å². The van der Waals surface area contributed by atoms with Gasteiger partial charge in [0.25, 0.3) is 0 Å². The Hall–Kier alpha value is -0.470. The van der Waals surface area contributed by atoms with Crippen molar-refractivity contribution in [1.82, 2.24) is 4.90 Å². The highest BCUT2D eigenvalue weighted by Gasteiger charge is 2.10. The highest BCUT2D eigenvalue weighted by atomic mass is 32.1. The van der Waals surface area contributed by atoms with Crippen molar-refractivity contribution in [3.8, 4) is 0 Å². The fourth-order valence-corrected chi connectivity index (χ4v) is 2.40. The maximum atomic E-state index is 4.40. The highest BCUT2D eigenvalue weighted by molar-refractivity contribution is 7.80. The molecule has 1 nitrogen and oxygen atoms in total. The Morgan fingerprint density at radius 3 is 2.12 bits per heavy atom. The number of hydrogen-bond donors (Lipinski definition) is 1. The predicted molar refractivity (Wildman–Crippen MR) is 78.6 cm³/mol. The number of nitrogens with zero attached hydrogens (tertiary/aromatic N) is 1. The Balaban J connectivity index is 2.64. The zero-order chi connectivity index (χ0) is 12.8. The van der Waals surface area contributed by atoms with Crippen LogP contribution in [0.4, 0.5) is 0 Å². The van der Waals surface area contributed by atoms with Crippen LogP contribution < -0.4 is 0 Å². The van der Waals surface area contributed by atoms with Gasteiger partial charge in [0.15, 0.2) is 0 Å². The van der Waals surface area contributed by atoms with Gasteiger partial charge in [-0.15, -0.1) is 12.6 Å². The van der Waals surface area contributed by atoms with Gasteiger partial charge in [-0.1, -0.05) is 39.8 Å². The van der Waals surface area contributed by atoms with E-state index in [9.17, 15) is 0 Å². The molecule has 0 aliphatic rings. The number of rotatable bonds is 6. The maximum Gasteiger partial charge on any atom is 0.0234 e. The number of benzene rings is 1. The SMILES string of the molecule is CC(C)CN(Cc1cccc(S)c1)CC(C)C. The summed E-state index contributed by atoms with van der Waals surface area (Å²) in [5.41, 5.74) is 1.36. The second-order valence-corrected chi connectivity index (χ2v) is 6.17. The Kier molecular flexibility index (Phi) is 6.07. The van der Waals surface area contributed by atoms with Crippen LogP contribution in [0.1, 0.15) is 33.3 Å². The summed E-state index contributed by atoms with van der Waals surface area (Å²) < 4.78 is 0. The average molecular weight is 251 g/mol. The molecule has 0 N–H and O–H groups in total. The van der Waals surface area contributed by atoms with Gasteiger partial charge < -0.3 is 0 Å². The van der Waals surface area contributed by atoms with Crippen LogP contribution in [0.25, 0.3) is 0 Å². The lowest BCUT2D eigenvalue weighted by Gasteiger charge is -2.26. The van der Waals surface area contributed by atoms with Gasteiger partial charge in [0.1, 0.15) is 0 Å². The maximum absolute atomic E-state index is 4.40. The summed E-state index contributed by atoms with van der Waals surface area (Å²) in [4.78, 5) is 3.59. The summed E-state index contributed by atoms with van der Waals surface area (Å²) in [5.74, 6) is 1.43. The van der Waals surface area contributed by atoms with E-state index in [1.54, 1.807) is 0 Å². The first-order valence-corrected chi connectivity index (χ1v) is 6.92. The molecule has 1 rings (SSSR count). The molecule has 0 atom stereocenters. The van der Waals surface area contributed by atoms with Gasteiger partial charge in [0.2, 0.25) is 0 Å². The van der Waals surface area contributed by atoms with E-state index < -0.39 is 0 Å². The van der Waals surface area contributed by atoms with Gasteiger partial charge in [0.05, 0.1) is 0 Å².